The van der Waals surface area contributed by atoms with Gasteiger partial charge in [0, 0.05) is 0 Å². The van der Waals surface area contributed by atoms with E-state index in [0.717, 1.165) is 35.1 Å². The second kappa shape index (κ2) is 16.4. The van der Waals surface area contributed by atoms with Gasteiger partial charge < -0.3 is 10.2 Å². The Morgan fingerprint density at radius 1 is 0.659 bits per heavy atom. The van der Waals surface area contributed by atoms with Crippen molar-refractivity contribution in [1.29, 1.82) is 0 Å². The molecule has 0 spiro atoms. The number of unbranched alkanes of at least 4 members (excludes halogenated alkanes) is 12. The number of rotatable bonds is 18. The van der Waals surface area contributed by atoms with Gasteiger partial charge in [0.05, 0.1) is 5.41 Å². The molecule has 1 atom stereocenters. The molecule has 0 radical (unpaired) electrons. The maximum Gasteiger partial charge on any atom is 0.314 e. The number of aliphatic carboxylic acids is 1. The first kappa shape index (κ1) is 34.9. The van der Waals surface area contributed by atoms with Crippen molar-refractivity contribution >= 4 is 5.97 Å². The Bertz CT molecular complexity index is 1010. The van der Waals surface area contributed by atoms with Gasteiger partial charge in [-0.2, -0.15) is 0 Å². The number of phenols is 1. The molecule has 0 saturated heterocycles. The number of aromatic hydroxyl groups is 1. The first-order chi connectivity index (χ1) is 19.3. The van der Waals surface area contributed by atoms with E-state index in [1.807, 2.05) is 30.3 Å². The summed E-state index contributed by atoms with van der Waals surface area (Å²) in [4.78, 5) is 13.2. The van der Waals surface area contributed by atoms with E-state index < -0.39 is 11.4 Å². The summed E-state index contributed by atoms with van der Waals surface area (Å²) < 4.78 is 0. The second-order valence-electron chi connectivity index (χ2n) is 14.5. The highest BCUT2D eigenvalue weighted by Crippen LogP contribution is 2.42. The van der Waals surface area contributed by atoms with Crippen LogP contribution in [0.3, 0.4) is 0 Å². The number of phenolic OH excluding ortho intramolecular Hbond substituents is 1. The van der Waals surface area contributed by atoms with E-state index in [2.05, 4.69) is 60.6 Å². The van der Waals surface area contributed by atoms with Gasteiger partial charge in [0.1, 0.15) is 5.75 Å². The minimum absolute atomic E-state index is 0.256. The van der Waals surface area contributed by atoms with Crippen molar-refractivity contribution in [2.24, 2.45) is 0 Å². The number of carboxylic acids is 1. The van der Waals surface area contributed by atoms with Crippen LogP contribution in [0.5, 0.6) is 5.75 Å². The minimum Gasteiger partial charge on any atom is -0.507 e. The molecular weight excluding hydrogens is 504 g/mol. The van der Waals surface area contributed by atoms with E-state index in [4.69, 9.17) is 0 Å². The van der Waals surface area contributed by atoms with Crippen molar-refractivity contribution < 1.29 is 15.0 Å². The quantitative estimate of drug-likeness (QED) is 0.177. The van der Waals surface area contributed by atoms with Crippen LogP contribution in [0.15, 0.2) is 42.5 Å². The van der Waals surface area contributed by atoms with Crippen LogP contribution in [0.25, 0.3) is 0 Å². The van der Waals surface area contributed by atoms with Crippen LogP contribution in [-0.2, 0) is 27.5 Å². The van der Waals surface area contributed by atoms with E-state index in [1.54, 1.807) is 0 Å². The maximum absolute atomic E-state index is 13.2. The van der Waals surface area contributed by atoms with Gasteiger partial charge in [0.2, 0.25) is 0 Å². The third-order valence-corrected chi connectivity index (χ3v) is 8.73. The number of carboxylic acid groups (broad SMARTS) is 1. The molecule has 0 bridgehead atoms. The molecule has 3 heteroatoms. The van der Waals surface area contributed by atoms with E-state index in [1.165, 1.54) is 70.6 Å². The van der Waals surface area contributed by atoms with Gasteiger partial charge >= 0.3 is 5.97 Å². The number of hydrogen-bond acceptors (Lipinski definition) is 2. The summed E-state index contributed by atoms with van der Waals surface area (Å²) in [5, 5.41) is 22.0. The fourth-order valence-corrected chi connectivity index (χ4v) is 6.13. The van der Waals surface area contributed by atoms with Crippen LogP contribution in [0.2, 0.25) is 0 Å². The van der Waals surface area contributed by atoms with E-state index >= 15 is 0 Å². The van der Waals surface area contributed by atoms with Crippen molar-refractivity contribution in [2.75, 3.05) is 0 Å². The van der Waals surface area contributed by atoms with Gasteiger partial charge in [-0.3, -0.25) is 4.79 Å². The monoisotopic (exact) mass is 564 g/mol. The Morgan fingerprint density at radius 2 is 1.07 bits per heavy atom. The summed E-state index contributed by atoms with van der Waals surface area (Å²) in [6.45, 7) is 14.9. The van der Waals surface area contributed by atoms with Crippen LogP contribution in [-0.4, -0.2) is 16.2 Å². The molecule has 2 aromatic rings. The summed E-state index contributed by atoms with van der Waals surface area (Å²) in [5.41, 5.74) is 2.11. The lowest BCUT2D eigenvalue weighted by Gasteiger charge is -2.33. The Morgan fingerprint density at radius 3 is 1.46 bits per heavy atom. The number of hydrogen-bond donors (Lipinski definition) is 2. The lowest BCUT2D eigenvalue weighted by atomic mass is 9.70. The molecule has 0 heterocycles. The molecule has 0 aliphatic heterocycles. The van der Waals surface area contributed by atoms with Crippen LogP contribution < -0.4 is 0 Å². The minimum atomic E-state index is -1.000. The summed E-state index contributed by atoms with van der Waals surface area (Å²) in [5.74, 6) is -0.420. The molecular formula is C38H60O3. The zero-order valence-corrected chi connectivity index (χ0v) is 27.5. The molecule has 230 valence electrons. The Hall–Kier alpha value is -2.29. The first-order valence-corrected chi connectivity index (χ1v) is 16.5. The maximum atomic E-state index is 13.2. The zero-order chi connectivity index (χ0) is 30.5. The smallest absolute Gasteiger partial charge is 0.314 e. The van der Waals surface area contributed by atoms with Crippen LogP contribution in [0.4, 0.5) is 0 Å². The summed E-state index contributed by atoms with van der Waals surface area (Å²) in [6, 6.07) is 13.9. The Kier molecular flexibility index (Phi) is 13.9. The van der Waals surface area contributed by atoms with Crippen LogP contribution in [0.1, 0.15) is 161 Å². The molecule has 0 fully saturated rings. The van der Waals surface area contributed by atoms with Gasteiger partial charge in [0.25, 0.3) is 0 Å². The normalized spacial score (nSPS) is 13.7. The lowest BCUT2D eigenvalue weighted by molar-refractivity contribution is -0.144. The average Bonchev–Trinajstić information content (AvgIpc) is 2.90. The van der Waals surface area contributed by atoms with Crippen molar-refractivity contribution in [1.82, 2.24) is 0 Å². The predicted molar refractivity (Wildman–Crippen MR) is 175 cm³/mol. The fraction of sp³-hybridized carbons (Fsp3) is 0.658. The predicted octanol–water partition coefficient (Wildman–Crippen LogP) is 11.0. The Labute approximate surface area is 252 Å². The number of benzene rings is 2. The molecule has 1 unspecified atom stereocenters. The highest BCUT2D eigenvalue weighted by Gasteiger charge is 2.40. The molecule has 3 nitrogen and oxygen atoms in total. The van der Waals surface area contributed by atoms with Crippen molar-refractivity contribution in [3.63, 3.8) is 0 Å². The first-order valence-electron chi connectivity index (χ1n) is 16.5. The van der Waals surface area contributed by atoms with Gasteiger partial charge in [0.15, 0.2) is 0 Å². The standard InChI is InChI=1S/C38H60O3/c1-8-9-10-11-12-13-14-15-16-17-18-19-23-26-38(35(40)41,31-24-21-20-22-25-31)29-30-27-32(36(2,3)4)34(39)33(28-30)37(5,6)7/h20-22,24-25,27-28,39H,8-19,23,26,29H2,1-7H3,(H,40,41). The van der Waals surface area contributed by atoms with Gasteiger partial charge in [-0.05, 0) is 45.9 Å². The van der Waals surface area contributed by atoms with Crippen LogP contribution in [0, 0.1) is 0 Å². The molecule has 0 saturated carbocycles. The SMILES string of the molecule is CCCCCCCCCCCCCCCC(Cc1cc(C(C)(C)C)c(O)c(C(C)(C)C)c1)(C(=O)O)c1ccccc1. The highest BCUT2D eigenvalue weighted by atomic mass is 16.4. The van der Waals surface area contributed by atoms with Crippen molar-refractivity contribution in [2.45, 2.75) is 161 Å². The summed E-state index contributed by atoms with van der Waals surface area (Å²) in [7, 11) is 0. The molecule has 2 aromatic carbocycles. The molecule has 0 aliphatic carbocycles. The van der Waals surface area contributed by atoms with Crippen LogP contribution >= 0.6 is 0 Å². The Balaban J connectivity index is 2.13. The second-order valence-corrected chi connectivity index (χ2v) is 14.5. The topological polar surface area (TPSA) is 57.5 Å². The number of carbonyl (C=O) groups is 1. The lowest BCUT2D eigenvalue weighted by Crippen LogP contribution is -2.38. The van der Waals surface area contributed by atoms with E-state index in [0.29, 0.717) is 18.6 Å². The summed E-state index contributed by atoms with van der Waals surface area (Å²) >= 11 is 0. The fourth-order valence-electron chi connectivity index (χ4n) is 6.13. The molecule has 2 N–H and O–H groups in total. The third kappa shape index (κ3) is 10.8. The third-order valence-electron chi connectivity index (χ3n) is 8.73. The molecule has 0 amide bonds. The average molecular weight is 565 g/mol. The largest absolute Gasteiger partial charge is 0.507 e. The van der Waals surface area contributed by atoms with Gasteiger partial charge in [-0.15, -0.1) is 0 Å². The molecule has 2 rings (SSSR count). The summed E-state index contributed by atoms with van der Waals surface area (Å²) in [6.07, 6.45) is 17.6. The van der Waals surface area contributed by atoms with E-state index in [-0.39, 0.29) is 10.8 Å². The molecule has 0 aliphatic rings. The molecule has 41 heavy (non-hydrogen) atoms. The van der Waals surface area contributed by atoms with Crippen molar-refractivity contribution in [3.05, 3.63) is 64.7 Å². The molecule has 0 aromatic heterocycles. The van der Waals surface area contributed by atoms with Crippen molar-refractivity contribution in [3.8, 4) is 5.75 Å². The van der Waals surface area contributed by atoms with Gasteiger partial charge in [-0.25, -0.2) is 0 Å². The highest BCUT2D eigenvalue weighted by molar-refractivity contribution is 5.82. The van der Waals surface area contributed by atoms with E-state index in [9.17, 15) is 15.0 Å². The zero-order valence-electron chi connectivity index (χ0n) is 27.5. The van der Waals surface area contributed by atoms with Gasteiger partial charge in [-0.1, -0.05) is 174 Å².